The van der Waals surface area contributed by atoms with Gasteiger partial charge in [0.2, 0.25) is 0 Å². The number of fused-ring (bicyclic) bond motifs is 2. The third-order valence-corrected chi connectivity index (χ3v) is 7.68. The molecule has 2 aliphatic carbocycles. The van der Waals surface area contributed by atoms with Crippen LogP contribution in [0.25, 0.3) is 0 Å². The first-order valence-electron chi connectivity index (χ1n) is 13.2. The Morgan fingerprint density at radius 3 is 1.61 bits per heavy atom. The number of hydrogen-bond donors (Lipinski definition) is 0. The molecule has 2 saturated carbocycles. The first-order chi connectivity index (χ1) is 15.4. The van der Waals surface area contributed by atoms with Crippen molar-refractivity contribution in [2.24, 2.45) is 23.7 Å². The molecule has 2 unspecified atom stereocenters. The minimum Gasteiger partial charge on any atom is -0.353 e. The molecule has 4 fully saturated rings. The van der Waals surface area contributed by atoms with Gasteiger partial charge < -0.3 is 18.9 Å². The zero-order valence-electron chi connectivity index (χ0n) is 19.4. The van der Waals surface area contributed by atoms with E-state index in [2.05, 4.69) is 24.3 Å². The highest BCUT2D eigenvalue weighted by Crippen LogP contribution is 2.53. The number of unbranched alkanes of at least 4 members (excludes halogenated alkanes) is 2. The van der Waals surface area contributed by atoms with Crippen LogP contribution in [0.5, 0.6) is 0 Å². The molecule has 176 valence electrons. The largest absolute Gasteiger partial charge is 0.353 e. The van der Waals surface area contributed by atoms with E-state index in [0.717, 1.165) is 88.6 Å². The molecule has 0 N–H and O–H groups in total. The van der Waals surface area contributed by atoms with Crippen molar-refractivity contribution in [2.75, 3.05) is 26.4 Å². The summed E-state index contributed by atoms with van der Waals surface area (Å²) in [5.74, 6) is 3.33. The summed E-state index contributed by atoms with van der Waals surface area (Å²) in [6.07, 6.45) is 25.8. The second-order valence-corrected chi connectivity index (χ2v) is 9.96. The Balaban J connectivity index is 1.11. The zero-order chi connectivity index (χ0) is 21.1. The molecule has 4 heteroatoms. The van der Waals surface area contributed by atoms with E-state index in [1.54, 1.807) is 0 Å². The molecule has 0 amide bonds. The lowest BCUT2D eigenvalue weighted by Gasteiger charge is -2.26. The Labute approximate surface area is 189 Å². The highest BCUT2D eigenvalue weighted by Gasteiger charge is 2.44. The van der Waals surface area contributed by atoms with Crippen LogP contribution in [0.2, 0.25) is 0 Å². The second-order valence-electron chi connectivity index (χ2n) is 9.96. The monoisotopic (exact) mass is 432 g/mol. The van der Waals surface area contributed by atoms with E-state index in [9.17, 15) is 0 Å². The highest BCUT2D eigenvalue weighted by molar-refractivity contribution is 5.11. The fourth-order valence-electron chi connectivity index (χ4n) is 5.98. The van der Waals surface area contributed by atoms with Crippen LogP contribution in [0.1, 0.15) is 83.5 Å². The Bertz CT molecular complexity index is 499. The molecule has 4 aliphatic rings. The molecule has 0 aromatic heterocycles. The Hall–Kier alpha value is -0.680. The molecule has 31 heavy (non-hydrogen) atoms. The molecule has 2 bridgehead atoms. The van der Waals surface area contributed by atoms with Gasteiger partial charge in [-0.1, -0.05) is 24.3 Å². The minimum atomic E-state index is 0.0541. The Morgan fingerprint density at radius 1 is 0.645 bits per heavy atom. The van der Waals surface area contributed by atoms with Gasteiger partial charge >= 0.3 is 0 Å². The fraction of sp³-hybridized carbons (Fsp3) is 0.852. The van der Waals surface area contributed by atoms with Crippen molar-refractivity contribution >= 4 is 0 Å². The zero-order valence-corrected chi connectivity index (χ0v) is 19.4. The van der Waals surface area contributed by atoms with Gasteiger partial charge in [0.05, 0.1) is 13.2 Å². The van der Waals surface area contributed by atoms with E-state index in [-0.39, 0.29) is 12.6 Å². The van der Waals surface area contributed by atoms with Crippen molar-refractivity contribution < 1.29 is 18.9 Å². The second kappa shape index (κ2) is 13.1. The average Bonchev–Trinajstić information content (AvgIpc) is 3.42. The molecule has 0 aromatic carbocycles. The average molecular weight is 433 g/mol. The number of ether oxygens (including phenoxy) is 4. The molecule has 0 radical (unpaired) electrons. The van der Waals surface area contributed by atoms with Gasteiger partial charge in [0.1, 0.15) is 0 Å². The molecule has 0 aromatic rings. The van der Waals surface area contributed by atoms with Gasteiger partial charge in [0, 0.05) is 13.2 Å². The van der Waals surface area contributed by atoms with E-state index in [0.29, 0.717) is 0 Å². The van der Waals surface area contributed by atoms with E-state index >= 15 is 0 Å². The summed E-state index contributed by atoms with van der Waals surface area (Å²) in [4.78, 5) is 0. The summed E-state index contributed by atoms with van der Waals surface area (Å²) in [5.41, 5.74) is 0. The van der Waals surface area contributed by atoms with E-state index in [1.165, 1.54) is 44.9 Å². The van der Waals surface area contributed by atoms with Gasteiger partial charge in [-0.25, -0.2) is 0 Å². The maximum atomic E-state index is 5.86. The molecule has 0 spiro atoms. The maximum Gasteiger partial charge on any atom is 0.157 e. The van der Waals surface area contributed by atoms with Crippen molar-refractivity contribution in [1.82, 2.24) is 0 Å². The van der Waals surface area contributed by atoms with Crippen LogP contribution in [0.4, 0.5) is 0 Å². The lowest BCUT2D eigenvalue weighted by Crippen LogP contribution is -2.22. The van der Waals surface area contributed by atoms with Crippen molar-refractivity contribution in [1.29, 1.82) is 0 Å². The molecule has 6 atom stereocenters. The normalized spacial score (nSPS) is 36.1. The smallest absolute Gasteiger partial charge is 0.157 e. The lowest BCUT2D eigenvalue weighted by molar-refractivity contribution is -0.162. The lowest BCUT2D eigenvalue weighted by atomic mass is 9.78. The van der Waals surface area contributed by atoms with Gasteiger partial charge in [-0.2, -0.15) is 0 Å². The Morgan fingerprint density at radius 2 is 1.16 bits per heavy atom. The van der Waals surface area contributed by atoms with Crippen molar-refractivity contribution in [3.8, 4) is 0 Å². The van der Waals surface area contributed by atoms with Gasteiger partial charge in [-0.05, 0) is 107 Å². The fourth-order valence-corrected chi connectivity index (χ4v) is 5.98. The minimum absolute atomic E-state index is 0.0541. The molecule has 4 rings (SSSR count). The predicted octanol–water partition coefficient (Wildman–Crippen LogP) is 6.41. The summed E-state index contributed by atoms with van der Waals surface area (Å²) in [5, 5.41) is 0. The first kappa shape index (κ1) is 23.5. The van der Waals surface area contributed by atoms with Crippen LogP contribution in [0, 0.1) is 23.7 Å². The molecule has 2 heterocycles. The highest BCUT2D eigenvalue weighted by atomic mass is 16.7. The summed E-state index contributed by atoms with van der Waals surface area (Å²) in [6, 6.07) is 0. The van der Waals surface area contributed by atoms with Crippen LogP contribution in [0.15, 0.2) is 24.3 Å². The summed E-state index contributed by atoms with van der Waals surface area (Å²) in [6.45, 7) is 3.38. The van der Waals surface area contributed by atoms with Crippen molar-refractivity contribution in [3.05, 3.63) is 24.3 Å². The van der Waals surface area contributed by atoms with Crippen LogP contribution in [-0.2, 0) is 18.9 Å². The predicted molar refractivity (Wildman–Crippen MR) is 124 cm³/mol. The number of rotatable bonds is 12. The molecule has 2 aliphatic heterocycles. The molecule has 2 saturated heterocycles. The van der Waals surface area contributed by atoms with E-state index in [1.807, 2.05) is 0 Å². The summed E-state index contributed by atoms with van der Waals surface area (Å²) >= 11 is 0. The van der Waals surface area contributed by atoms with Gasteiger partial charge in [-0.15, -0.1) is 0 Å². The van der Waals surface area contributed by atoms with Crippen molar-refractivity contribution in [2.45, 2.75) is 96.1 Å². The van der Waals surface area contributed by atoms with Crippen LogP contribution >= 0.6 is 0 Å². The third-order valence-electron chi connectivity index (χ3n) is 7.68. The molecule has 4 nitrogen and oxygen atoms in total. The quantitative estimate of drug-likeness (QED) is 0.264. The number of hydrogen-bond acceptors (Lipinski definition) is 4. The molecular weight excluding hydrogens is 388 g/mol. The van der Waals surface area contributed by atoms with Crippen LogP contribution in [-0.4, -0.2) is 39.0 Å². The van der Waals surface area contributed by atoms with Crippen LogP contribution < -0.4 is 0 Å². The van der Waals surface area contributed by atoms with Crippen molar-refractivity contribution in [3.63, 3.8) is 0 Å². The van der Waals surface area contributed by atoms with Gasteiger partial charge in [0.15, 0.2) is 12.6 Å². The van der Waals surface area contributed by atoms with E-state index in [4.69, 9.17) is 18.9 Å². The topological polar surface area (TPSA) is 36.9 Å². The van der Waals surface area contributed by atoms with E-state index < -0.39 is 0 Å². The van der Waals surface area contributed by atoms with Gasteiger partial charge in [-0.3, -0.25) is 0 Å². The third kappa shape index (κ3) is 7.42. The SMILES string of the molecule is C(=C\[C@@H]1[C@H]2CC[C@H](C2)[C@@H]1/C=C/CCCOC1CCCCO1)/CCCOC1CCCCO1. The standard InChI is InChI=1S/C27H44O4/c1(7-17-28-26-13-5-9-19-30-26)3-11-24-22-15-16-23(21-22)25(24)12-4-2-8-18-29-27-14-6-10-20-31-27/h3-4,11-12,22-27H,1-2,5-10,13-21H2/b11-3+,12-4+/t22-,23+,24+,25-,26?,27?. The van der Waals surface area contributed by atoms with Crippen LogP contribution in [0.3, 0.4) is 0 Å². The number of allylic oxidation sites excluding steroid dienone is 4. The first-order valence-corrected chi connectivity index (χ1v) is 13.2. The Kier molecular flexibility index (Phi) is 9.94. The molecular formula is C27H44O4. The van der Waals surface area contributed by atoms with Gasteiger partial charge in [0.25, 0.3) is 0 Å². The maximum absolute atomic E-state index is 5.86. The summed E-state index contributed by atoms with van der Waals surface area (Å²) < 4.78 is 23.0. The summed E-state index contributed by atoms with van der Waals surface area (Å²) in [7, 11) is 0.